The Morgan fingerprint density at radius 3 is 2.40 bits per heavy atom. The molecule has 2 bridgehead atoms. The van der Waals surface area contributed by atoms with E-state index in [4.69, 9.17) is 15.1 Å². The standard InChI is InChI=1S/C30H23F2N3O5/c1-40-25-13-24(32)21(15-2-4-16(5-3-15)30(38)39)12-22(25)28(36)35-27-18-7-6-17(10-18)26(27)29(37)34-20-8-9-23(31)19(11-20)14-33/h2-9,11-13,17-18,26-27H,10H2,1H3,(H,34,37)(H,35,36)(H,38,39)/t17-,18+,26?,27-/m1/s1. The zero-order valence-electron chi connectivity index (χ0n) is 21.2. The summed E-state index contributed by atoms with van der Waals surface area (Å²) in [5.41, 5.74) is 0.592. The molecule has 0 saturated heterocycles. The quantitative estimate of drug-likeness (QED) is 0.369. The summed E-state index contributed by atoms with van der Waals surface area (Å²) in [4.78, 5) is 38.0. The van der Waals surface area contributed by atoms with Gasteiger partial charge < -0.3 is 20.5 Å². The molecule has 0 aliphatic heterocycles. The Hall–Kier alpha value is -5.04. The summed E-state index contributed by atoms with van der Waals surface area (Å²) in [5, 5.41) is 23.9. The van der Waals surface area contributed by atoms with Gasteiger partial charge in [-0.1, -0.05) is 24.3 Å². The number of nitriles is 1. The summed E-state index contributed by atoms with van der Waals surface area (Å²) in [6, 6.07) is 12.9. The number of nitrogens with one attached hydrogen (secondary N) is 2. The highest BCUT2D eigenvalue weighted by atomic mass is 19.1. The minimum atomic E-state index is -1.12. The van der Waals surface area contributed by atoms with Crippen LogP contribution in [-0.2, 0) is 4.79 Å². The molecule has 8 nitrogen and oxygen atoms in total. The molecule has 3 N–H and O–H groups in total. The molecule has 2 amide bonds. The Morgan fingerprint density at radius 1 is 1.00 bits per heavy atom. The molecular weight excluding hydrogens is 520 g/mol. The summed E-state index contributed by atoms with van der Waals surface area (Å²) >= 11 is 0. The number of allylic oxidation sites excluding steroid dienone is 1. The number of halogens is 2. The van der Waals surface area contributed by atoms with Gasteiger partial charge in [0.1, 0.15) is 23.5 Å². The second-order valence-electron chi connectivity index (χ2n) is 9.68. The van der Waals surface area contributed by atoms with Crippen molar-refractivity contribution in [2.45, 2.75) is 12.5 Å². The number of carboxylic acid groups (broad SMARTS) is 1. The molecule has 0 spiro atoms. The summed E-state index contributed by atoms with van der Waals surface area (Å²) in [7, 11) is 1.31. The molecule has 3 aromatic carbocycles. The predicted molar refractivity (Wildman–Crippen MR) is 141 cm³/mol. The van der Waals surface area contributed by atoms with Crippen molar-refractivity contribution in [3.63, 3.8) is 0 Å². The summed E-state index contributed by atoms with van der Waals surface area (Å²) in [6.45, 7) is 0. The van der Waals surface area contributed by atoms with E-state index in [2.05, 4.69) is 10.6 Å². The van der Waals surface area contributed by atoms with Gasteiger partial charge in [0.15, 0.2) is 0 Å². The number of benzene rings is 3. The largest absolute Gasteiger partial charge is 0.496 e. The van der Waals surface area contributed by atoms with Crippen LogP contribution >= 0.6 is 0 Å². The van der Waals surface area contributed by atoms with Gasteiger partial charge in [-0.3, -0.25) is 9.59 Å². The van der Waals surface area contributed by atoms with Crippen LogP contribution in [0, 0.1) is 40.7 Å². The Balaban J connectivity index is 1.41. The lowest BCUT2D eigenvalue weighted by Crippen LogP contribution is -2.47. The number of carbonyl (C=O) groups is 3. The van der Waals surface area contributed by atoms with E-state index in [9.17, 15) is 23.2 Å². The van der Waals surface area contributed by atoms with Crippen molar-refractivity contribution in [3.8, 4) is 22.9 Å². The van der Waals surface area contributed by atoms with Crippen molar-refractivity contribution in [3.05, 3.63) is 95.1 Å². The third-order valence-corrected chi connectivity index (χ3v) is 7.39. The van der Waals surface area contributed by atoms with E-state index in [-0.39, 0.29) is 51.4 Å². The number of nitrogens with zero attached hydrogens (tertiary/aromatic N) is 1. The maximum Gasteiger partial charge on any atom is 0.335 e. The molecule has 0 radical (unpaired) electrons. The normalized spacial score (nSPS) is 20.6. The SMILES string of the molecule is COc1cc(F)c(-c2ccc(C(=O)O)cc2)cc1C(=O)N[C@H]1C(C(=O)Nc2ccc(F)c(C#N)c2)[C@@H]2C=C[C@H]1C2. The molecule has 0 heterocycles. The van der Waals surface area contributed by atoms with Gasteiger partial charge in [0.05, 0.1) is 29.7 Å². The van der Waals surface area contributed by atoms with Crippen LogP contribution in [-0.4, -0.2) is 36.0 Å². The Labute approximate surface area is 227 Å². The van der Waals surface area contributed by atoms with Crippen molar-refractivity contribution in [2.75, 3.05) is 12.4 Å². The average Bonchev–Trinajstić information content (AvgIpc) is 3.56. The first kappa shape index (κ1) is 26.6. The zero-order valence-corrected chi connectivity index (χ0v) is 21.2. The highest BCUT2D eigenvalue weighted by Gasteiger charge is 2.49. The van der Waals surface area contributed by atoms with Crippen LogP contribution < -0.4 is 15.4 Å². The molecule has 2 aliphatic rings. The van der Waals surface area contributed by atoms with Crippen molar-refractivity contribution >= 4 is 23.5 Å². The fraction of sp³-hybridized carbons (Fsp3) is 0.200. The van der Waals surface area contributed by atoms with Crippen molar-refractivity contribution < 1.29 is 33.0 Å². The van der Waals surface area contributed by atoms with Crippen LogP contribution in [0.1, 0.15) is 32.7 Å². The molecule has 40 heavy (non-hydrogen) atoms. The Kier molecular flexibility index (Phi) is 7.05. The van der Waals surface area contributed by atoms with Crippen LogP contribution in [0.5, 0.6) is 5.75 Å². The van der Waals surface area contributed by atoms with Gasteiger partial charge in [-0.15, -0.1) is 0 Å². The first-order chi connectivity index (χ1) is 19.2. The number of fused-ring (bicyclic) bond motifs is 2. The van der Waals surface area contributed by atoms with Gasteiger partial charge >= 0.3 is 5.97 Å². The van der Waals surface area contributed by atoms with Gasteiger partial charge in [-0.05, 0) is 60.2 Å². The van der Waals surface area contributed by atoms with Crippen LogP contribution in [0.25, 0.3) is 11.1 Å². The molecule has 5 rings (SSSR count). The fourth-order valence-corrected chi connectivity index (χ4v) is 5.43. The topological polar surface area (TPSA) is 129 Å². The van der Waals surface area contributed by atoms with Crippen LogP contribution in [0.2, 0.25) is 0 Å². The number of carbonyl (C=O) groups excluding carboxylic acids is 2. The highest BCUT2D eigenvalue weighted by Crippen LogP contribution is 2.44. The van der Waals surface area contributed by atoms with Crippen LogP contribution in [0.4, 0.5) is 14.5 Å². The number of ether oxygens (including phenoxy) is 1. The molecule has 2 aliphatic carbocycles. The molecule has 202 valence electrons. The van der Waals surface area contributed by atoms with E-state index < -0.39 is 35.5 Å². The number of amides is 2. The number of rotatable bonds is 7. The lowest BCUT2D eigenvalue weighted by atomic mass is 9.87. The maximum absolute atomic E-state index is 15.0. The second kappa shape index (κ2) is 10.6. The van der Waals surface area contributed by atoms with Gasteiger partial charge in [0.25, 0.3) is 5.91 Å². The van der Waals surface area contributed by atoms with E-state index >= 15 is 0 Å². The van der Waals surface area contributed by atoms with Gasteiger partial charge in [0.2, 0.25) is 5.91 Å². The lowest BCUT2D eigenvalue weighted by molar-refractivity contribution is -0.121. The first-order valence-electron chi connectivity index (χ1n) is 12.4. The van der Waals surface area contributed by atoms with E-state index in [0.717, 1.165) is 12.1 Å². The predicted octanol–water partition coefficient (Wildman–Crippen LogP) is 4.77. The molecule has 3 aromatic rings. The highest BCUT2D eigenvalue weighted by molar-refractivity contribution is 6.00. The van der Waals surface area contributed by atoms with Gasteiger partial charge in [-0.2, -0.15) is 5.26 Å². The Bertz CT molecular complexity index is 1600. The van der Waals surface area contributed by atoms with E-state index in [1.54, 1.807) is 6.07 Å². The molecule has 1 saturated carbocycles. The number of aromatic carboxylic acids is 1. The summed E-state index contributed by atoms with van der Waals surface area (Å²) in [6.07, 6.45) is 4.53. The minimum Gasteiger partial charge on any atom is -0.496 e. The molecule has 10 heteroatoms. The zero-order chi connectivity index (χ0) is 28.6. The molecular formula is C30H23F2N3O5. The third-order valence-electron chi connectivity index (χ3n) is 7.39. The number of anilines is 1. The van der Waals surface area contributed by atoms with Crippen molar-refractivity contribution in [2.24, 2.45) is 17.8 Å². The van der Waals surface area contributed by atoms with Crippen LogP contribution in [0.15, 0.2) is 66.7 Å². The second-order valence-corrected chi connectivity index (χ2v) is 9.68. The van der Waals surface area contributed by atoms with E-state index in [1.807, 2.05) is 12.2 Å². The monoisotopic (exact) mass is 543 g/mol. The lowest BCUT2D eigenvalue weighted by Gasteiger charge is -2.28. The Morgan fingerprint density at radius 2 is 1.73 bits per heavy atom. The van der Waals surface area contributed by atoms with Crippen LogP contribution in [0.3, 0.4) is 0 Å². The van der Waals surface area contributed by atoms with Gasteiger partial charge in [-0.25, -0.2) is 13.6 Å². The van der Waals surface area contributed by atoms with Crippen molar-refractivity contribution in [1.82, 2.24) is 5.32 Å². The molecule has 0 aromatic heterocycles. The maximum atomic E-state index is 15.0. The first-order valence-corrected chi connectivity index (χ1v) is 12.4. The third kappa shape index (κ3) is 4.89. The minimum absolute atomic E-state index is 0.00375. The molecule has 1 fully saturated rings. The van der Waals surface area contributed by atoms with Gasteiger partial charge in [0, 0.05) is 23.4 Å². The van der Waals surface area contributed by atoms with Crippen molar-refractivity contribution in [1.29, 1.82) is 5.26 Å². The molecule has 1 unspecified atom stereocenters. The van der Waals surface area contributed by atoms with E-state index in [0.29, 0.717) is 12.0 Å². The molecule has 4 atom stereocenters. The van der Waals surface area contributed by atoms with E-state index in [1.165, 1.54) is 49.6 Å². The summed E-state index contributed by atoms with van der Waals surface area (Å²) in [5.74, 6) is -4.32. The fourth-order valence-electron chi connectivity index (χ4n) is 5.43. The number of methoxy groups -OCH3 is 1. The summed E-state index contributed by atoms with van der Waals surface area (Å²) < 4.78 is 34.0. The number of hydrogen-bond donors (Lipinski definition) is 3. The number of carboxylic acids is 1. The smallest absolute Gasteiger partial charge is 0.335 e. The average molecular weight is 544 g/mol. The number of hydrogen-bond acceptors (Lipinski definition) is 5.